The zero-order valence-electron chi connectivity index (χ0n) is 41.8. The number of hydrogen-bond donors (Lipinski definition) is 13. The lowest BCUT2D eigenvalue weighted by Gasteiger charge is -2.58. The molecule has 22 nitrogen and oxygen atoms in total. The Bertz CT molecular complexity index is 1840. The molecular formula is C50H82O22. The van der Waals surface area contributed by atoms with Crippen molar-refractivity contribution in [3.63, 3.8) is 0 Å². The van der Waals surface area contributed by atoms with Crippen LogP contribution in [0.25, 0.3) is 0 Å². The monoisotopic (exact) mass is 1030 g/mol. The highest BCUT2D eigenvalue weighted by Crippen LogP contribution is 2.67. The summed E-state index contributed by atoms with van der Waals surface area (Å²) in [5.74, 6) is 0.172. The van der Waals surface area contributed by atoms with Gasteiger partial charge >= 0.3 is 0 Å². The topological polar surface area (TPSA) is 354 Å². The van der Waals surface area contributed by atoms with Crippen molar-refractivity contribution in [3.05, 3.63) is 11.6 Å². The SMILES string of the molecule is CC(CCC(=O)[C@@H](C)[C@H]1[C@H](O)C[C@H]2[C@@H]3CC=C4C[C@@H](O[C@@H]5O[C@H](CO)[C@@H](O[C@@H]6O[C@@H](C)[C@H](O)[C@@H](O)[C@H]6O[C@@H]6OC[C@@H](O)[C@H](O)[C@H]6O)[C@H](O)[C@H]5O)CC[C@]4(C)[C@H]3CC[C@]12C)CO[C@@H]1O[C@H](CO)[C@@H](O)[C@H](O)[C@H]1O. The predicted octanol–water partition coefficient (Wildman–Crippen LogP) is -2.53. The van der Waals surface area contributed by atoms with E-state index in [0.717, 1.165) is 25.7 Å². The molecule has 3 saturated carbocycles. The molecule has 4 aliphatic heterocycles. The molecule has 29 atom stereocenters. The Balaban J connectivity index is 0.854. The van der Waals surface area contributed by atoms with E-state index in [-0.39, 0.29) is 53.3 Å². The van der Waals surface area contributed by atoms with Gasteiger partial charge in [-0.15, -0.1) is 0 Å². The molecule has 0 radical (unpaired) electrons. The van der Waals surface area contributed by atoms with Crippen molar-refractivity contribution in [2.45, 2.75) is 221 Å². The van der Waals surface area contributed by atoms with E-state index >= 15 is 0 Å². The lowest BCUT2D eigenvalue weighted by molar-refractivity contribution is -0.382. The molecule has 1 unspecified atom stereocenters. The van der Waals surface area contributed by atoms with Gasteiger partial charge in [0.05, 0.1) is 44.7 Å². The normalized spacial score (nSPS) is 51.6. The van der Waals surface area contributed by atoms with Gasteiger partial charge in [-0.3, -0.25) is 4.79 Å². The van der Waals surface area contributed by atoms with Crippen LogP contribution in [0.4, 0.5) is 0 Å². The number of hydrogen-bond acceptors (Lipinski definition) is 22. The Labute approximate surface area is 419 Å². The van der Waals surface area contributed by atoms with Crippen molar-refractivity contribution in [1.82, 2.24) is 0 Å². The minimum Gasteiger partial charge on any atom is -0.394 e. The maximum Gasteiger partial charge on any atom is 0.187 e. The van der Waals surface area contributed by atoms with Crippen LogP contribution < -0.4 is 0 Å². The van der Waals surface area contributed by atoms with Crippen molar-refractivity contribution in [2.75, 3.05) is 26.4 Å². The van der Waals surface area contributed by atoms with Gasteiger partial charge in [0.25, 0.3) is 0 Å². The van der Waals surface area contributed by atoms with E-state index < -0.39 is 149 Å². The zero-order valence-corrected chi connectivity index (χ0v) is 41.8. The van der Waals surface area contributed by atoms with E-state index in [1.165, 1.54) is 12.5 Å². The molecule has 0 spiro atoms. The number of ketones is 1. The standard InChI is InChI=1S/C50H82O22/c1-20(18-65-45-41(63)37(59)36(58)31(16-51)69-45)6-9-28(53)21(2)33-29(54)15-27-25-8-7-23-14-24(10-12-49(23,4)26(25)11-13-50(27,33)5)68-47-42(64)39(61)43(32(17-52)70-47)71-48-44(38(60)34(56)22(3)67-48)72-46-40(62)35(57)30(55)19-66-46/h7,20-22,24-27,29-48,51-52,54-64H,6,8-19H2,1-5H3/t20?,21-,22+,24+,25-,26+,27+,29-,30-,31-,32-,33+,34+,35+,36-,37+,38-,39-,40-,41-,42-,43-,44-,45-,46+,47-,48+,49+,50+/m1/s1. The van der Waals surface area contributed by atoms with Crippen LogP contribution >= 0.6 is 0 Å². The minimum atomic E-state index is -1.75. The summed E-state index contributed by atoms with van der Waals surface area (Å²) >= 11 is 0. The van der Waals surface area contributed by atoms with Crippen LogP contribution in [0.3, 0.4) is 0 Å². The van der Waals surface area contributed by atoms with E-state index in [1.807, 2.05) is 13.8 Å². The van der Waals surface area contributed by atoms with Crippen LogP contribution in [0.2, 0.25) is 0 Å². The van der Waals surface area contributed by atoms with Gasteiger partial charge in [-0.05, 0) is 98.7 Å². The first-order valence-corrected chi connectivity index (χ1v) is 26.1. The summed E-state index contributed by atoms with van der Waals surface area (Å²) in [5.41, 5.74) is 0.819. The van der Waals surface area contributed by atoms with Crippen molar-refractivity contribution < 1.29 is 109 Å². The van der Waals surface area contributed by atoms with Gasteiger partial charge in [-0.1, -0.05) is 39.3 Å². The number of fused-ring (bicyclic) bond motifs is 5. The van der Waals surface area contributed by atoms with E-state index in [2.05, 4.69) is 19.9 Å². The van der Waals surface area contributed by atoms with Gasteiger partial charge in [0.1, 0.15) is 91.2 Å². The average molecular weight is 1040 g/mol. The lowest BCUT2D eigenvalue weighted by atomic mass is 9.47. The molecule has 7 fully saturated rings. The molecule has 0 aromatic rings. The molecule has 414 valence electrons. The van der Waals surface area contributed by atoms with E-state index in [1.54, 1.807) is 0 Å². The van der Waals surface area contributed by atoms with Crippen molar-refractivity contribution in [1.29, 1.82) is 0 Å². The first-order valence-electron chi connectivity index (χ1n) is 26.1. The summed E-state index contributed by atoms with van der Waals surface area (Å²) in [6, 6.07) is 0. The summed E-state index contributed by atoms with van der Waals surface area (Å²) in [7, 11) is 0. The van der Waals surface area contributed by atoms with Gasteiger partial charge in [-0.2, -0.15) is 0 Å². The first-order chi connectivity index (χ1) is 34.0. The van der Waals surface area contributed by atoms with Crippen LogP contribution in [0, 0.1) is 46.3 Å². The van der Waals surface area contributed by atoms with Crippen LogP contribution in [0.5, 0.6) is 0 Å². The van der Waals surface area contributed by atoms with Gasteiger partial charge in [0.2, 0.25) is 0 Å². The highest BCUT2D eigenvalue weighted by Gasteiger charge is 2.63. The molecule has 0 aromatic heterocycles. The third-order valence-electron chi connectivity index (χ3n) is 18.5. The number of ether oxygens (including phenoxy) is 8. The zero-order chi connectivity index (χ0) is 52.3. The number of carbonyl (C=O) groups excluding carboxylic acids is 1. The second kappa shape index (κ2) is 22.9. The Hall–Kier alpha value is -1.43. The van der Waals surface area contributed by atoms with Gasteiger partial charge in [-0.25, -0.2) is 0 Å². The van der Waals surface area contributed by atoms with Crippen molar-refractivity contribution >= 4 is 5.78 Å². The van der Waals surface area contributed by atoms with E-state index in [0.29, 0.717) is 37.5 Å². The molecule has 4 aliphatic carbocycles. The van der Waals surface area contributed by atoms with Crippen molar-refractivity contribution in [3.8, 4) is 0 Å². The number of Topliss-reactive ketones (excluding diaryl/α,β-unsaturated/α-hetero) is 1. The molecule has 0 amide bonds. The lowest BCUT2D eigenvalue weighted by Crippen LogP contribution is -2.66. The molecule has 0 aromatic carbocycles. The van der Waals surface area contributed by atoms with Crippen LogP contribution in [-0.4, -0.2) is 228 Å². The number of aliphatic hydroxyl groups excluding tert-OH is 13. The smallest absolute Gasteiger partial charge is 0.187 e. The molecule has 4 saturated heterocycles. The summed E-state index contributed by atoms with van der Waals surface area (Å²) in [6.45, 7) is 8.30. The Morgan fingerprint density at radius 3 is 2.06 bits per heavy atom. The summed E-state index contributed by atoms with van der Waals surface area (Å²) in [5, 5.41) is 137. The minimum absolute atomic E-state index is 0.0652. The fourth-order valence-electron chi connectivity index (χ4n) is 14.1. The molecular weight excluding hydrogens is 953 g/mol. The van der Waals surface area contributed by atoms with E-state index in [4.69, 9.17) is 37.9 Å². The Morgan fingerprint density at radius 2 is 1.35 bits per heavy atom. The third kappa shape index (κ3) is 10.8. The number of rotatable bonds is 16. The number of carbonyl (C=O) groups is 1. The molecule has 22 heteroatoms. The van der Waals surface area contributed by atoms with E-state index in [9.17, 15) is 71.2 Å². The van der Waals surface area contributed by atoms with Crippen LogP contribution in [0.1, 0.15) is 92.4 Å². The van der Waals surface area contributed by atoms with Gasteiger partial charge in [0, 0.05) is 12.3 Å². The highest BCUT2D eigenvalue weighted by atomic mass is 16.8. The quantitative estimate of drug-likeness (QED) is 0.0709. The van der Waals surface area contributed by atoms with Crippen LogP contribution in [0.15, 0.2) is 11.6 Å². The molecule has 8 aliphatic rings. The first kappa shape index (κ1) is 56.8. The number of aliphatic hydroxyl groups is 13. The molecule has 13 N–H and O–H groups in total. The third-order valence-corrected chi connectivity index (χ3v) is 18.5. The Morgan fingerprint density at radius 1 is 0.694 bits per heavy atom. The summed E-state index contributed by atoms with van der Waals surface area (Å²) < 4.78 is 46.6. The molecule has 4 heterocycles. The van der Waals surface area contributed by atoms with Gasteiger partial charge in [0.15, 0.2) is 25.2 Å². The second-order valence-electron chi connectivity index (χ2n) is 22.9. The molecule has 8 rings (SSSR count). The Kier molecular flexibility index (Phi) is 18.0. The van der Waals surface area contributed by atoms with Gasteiger partial charge < -0.3 is 104 Å². The highest BCUT2D eigenvalue weighted by molar-refractivity contribution is 5.81. The summed E-state index contributed by atoms with van der Waals surface area (Å²) in [6.07, 6.45) is -21.0. The fraction of sp³-hybridized carbons (Fsp3) is 0.940. The number of allylic oxidation sites excluding steroid dienone is 1. The average Bonchev–Trinajstić information content (AvgIpc) is 3.63. The second-order valence-corrected chi connectivity index (χ2v) is 22.9. The van der Waals surface area contributed by atoms with Crippen LogP contribution in [-0.2, 0) is 42.7 Å². The fourth-order valence-corrected chi connectivity index (χ4v) is 14.1. The summed E-state index contributed by atoms with van der Waals surface area (Å²) in [4.78, 5) is 13.9. The molecule has 72 heavy (non-hydrogen) atoms. The molecule has 0 bridgehead atoms. The maximum atomic E-state index is 13.9. The maximum absolute atomic E-state index is 13.9. The predicted molar refractivity (Wildman–Crippen MR) is 245 cm³/mol. The van der Waals surface area contributed by atoms with Crippen molar-refractivity contribution in [2.24, 2.45) is 46.3 Å². The largest absolute Gasteiger partial charge is 0.394 e.